The highest BCUT2D eigenvalue weighted by atomic mass is 35.5. The first-order valence-corrected chi connectivity index (χ1v) is 8.42. The van der Waals surface area contributed by atoms with Crippen LogP contribution < -0.4 is 5.73 Å². The number of nitrogens with zero attached hydrogens (tertiary/aromatic N) is 1. The third-order valence-corrected chi connectivity index (χ3v) is 5.68. The molecule has 1 fully saturated rings. The van der Waals surface area contributed by atoms with Crippen LogP contribution in [0.4, 0.5) is 0 Å². The summed E-state index contributed by atoms with van der Waals surface area (Å²) in [5.74, 6) is 3.26. The van der Waals surface area contributed by atoms with Gasteiger partial charge < -0.3 is 5.73 Å². The maximum absolute atomic E-state index is 6.02. The van der Waals surface area contributed by atoms with Crippen LogP contribution in [0.3, 0.4) is 0 Å². The van der Waals surface area contributed by atoms with Gasteiger partial charge in [-0.25, -0.2) is 0 Å². The number of likely N-dealkylation sites (N-methyl/N-ethyl adjacent to an activating group) is 1. The zero-order valence-electron chi connectivity index (χ0n) is 11.7. The van der Waals surface area contributed by atoms with Crippen molar-refractivity contribution in [3.8, 4) is 0 Å². The van der Waals surface area contributed by atoms with E-state index in [1.165, 1.54) is 23.5 Å². The average Bonchev–Trinajstić information content (AvgIpc) is 2.93. The summed E-state index contributed by atoms with van der Waals surface area (Å²) < 4.78 is 0. The van der Waals surface area contributed by atoms with E-state index in [0.29, 0.717) is 12.1 Å². The topological polar surface area (TPSA) is 29.3 Å². The van der Waals surface area contributed by atoms with E-state index in [2.05, 4.69) is 42.8 Å². The quantitative estimate of drug-likeness (QED) is 0.903. The van der Waals surface area contributed by atoms with Gasteiger partial charge in [-0.15, -0.1) is 0 Å². The predicted octanol–water partition coefficient (Wildman–Crippen LogP) is 3.41. The molecule has 0 amide bonds. The zero-order valence-corrected chi connectivity index (χ0v) is 13.3. The summed E-state index contributed by atoms with van der Waals surface area (Å²) in [4.78, 5) is 2.43. The molecule has 3 unspecified atom stereocenters. The largest absolute Gasteiger partial charge is 0.329 e. The predicted molar refractivity (Wildman–Crippen MR) is 85.9 cm³/mol. The van der Waals surface area contributed by atoms with Gasteiger partial charge in [0.15, 0.2) is 0 Å². The van der Waals surface area contributed by atoms with Gasteiger partial charge in [-0.2, -0.15) is 11.8 Å². The van der Waals surface area contributed by atoms with Crippen LogP contribution in [0.2, 0.25) is 5.02 Å². The van der Waals surface area contributed by atoms with Crippen molar-refractivity contribution in [1.82, 2.24) is 4.90 Å². The molecule has 19 heavy (non-hydrogen) atoms. The molecule has 0 radical (unpaired) electrons. The number of halogens is 1. The monoisotopic (exact) mass is 298 g/mol. The number of nitrogens with two attached hydrogens (primary N) is 1. The molecule has 0 spiro atoms. The lowest BCUT2D eigenvalue weighted by atomic mass is 9.95. The van der Waals surface area contributed by atoms with Crippen molar-refractivity contribution in [2.75, 3.05) is 25.1 Å². The molecular weight excluding hydrogens is 276 g/mol. The third kappa shape index (κ3) is 3.66. The van der Waals surface area contributed by atoms with Gasteiger partial charge >= 0.3 is 0 Å². The van der Waals surface area contributed by atoms with Gasteiger partial charge in [-0.3, -0.25) is 4.90 Å². The molecule has 1 saturated heterocycles. The Balaban J connectivity index is 2.07. The van der Waals surface area contributed by atoms with Crippen molar-refractivity contribution >= 4 is 23.4 Å². The first-order valence-electron chi connectivity index (χ1n) is 6.88. The van der Waals surface area contributed by atoms with E-state index in [9.17, 15) is 0 Å². The molecule has 3 atom stereocenters. The number of benzene rings is 1. The molecule has 2 nitrogen and oxygen atoms in total. The van der Waals surface area contributed by atoms with Crippen molar-refractivity contribution < 1.29 is 0 Å². The number of rotatable bonds is 5. The molecular formula is C15H23ClN2S. The van der Waals surface area contributed by atoms with Gasteiger partial charge in [0.1, 0.15) is 0 Å². The molecule has 0 aromatic heterocycles. The summed E-state index contributed by atoms with van der Waals surface area (Å²) in [6.07, 6.45) is 1.30. The first-order chi connectivity index (χ1) is 9.13. The summed E-state index contributed by atoms with van der Waals surface area (Å²) in [5, 5.41) is 0.793. The molecule has 1 aromatic carbocycles. The fraction of sp³-hybridized carbons (Fsp3) is 0.600. The molecule has 4 heteroatoms. The van der Waals surface area contributed by atoms with Crippen molar-refractivity contribution in [1.29, 1.82) is 0 Å². The number of hydrogen-bond donors (Lipinski definition) is 1. The minimum absolute atomic E-state index is 0.372. The van der Waals surface area contributed by atoms with Crippen LogP contribution in [0.25, 0.3) is 0 Å². The average molecular weight is 299 g/mol. The van der Waals surface area contributed by atoms with Crippen LogP contribution in [0.5, 0.6) is 0 Å². The Hall–Kier alpha value is -0.220. The van der Waals surface area contributed by atoms with Gasteiger partial charge in [0, 0.05) is 23.7 Å². The normalized spacial score (nSPS) is 22.7. The second-order valence-electron chi connectivity index (χ2n) is 5.32. The third-order valence-electron chi connectivity index (χ3n) is 4.24. The van der Waals surface area contributed by atoms with E-state index in [0.717, 1.165) is 17.5 Å². The Morgan fingerprint density at radius 2 is 2.11 bits per heavy atom. The Labute approximate surface area is 125 Å². The maximum Gasteiger partial charge on any atom is 0.0406 e. The summed E-state index contributed by atoms with van der Waals surface area (Å²) >= 11 is 8.01. The summed E-state index contributed by atoms with van der Waals surface area (Å²) in [7, 11) is 2.19. The van der Waals surface area contributed by atoms with Crippen molar-refractivity contribution in [3.05, 3.63) is 34.9 Å². The van der Waals surface area contributed by atoms with E-state index in [4.69, 9.17) is 17.3 Å². The molecule has 1 heterocycles. The smallest absolute Gasteiger partial charge is 0.0406 e. The summed E-state index contributed by atoms with van der Waals surface area (Å²) in [6, 6.07) is 8.99. The van der Waals surface area contributed by atoms with Gasteiger partial charge in [0.05, 0.1) is 0 Å². The fourth-order valence-electron chi connectivity index (χ4n) is 2.81. The van der Waals surface area contributed by atoms with Gasteiger partial charge in [0.2, 0.25) is 0 Å². The Morgan fingerprint density at radius 3 is 2.63 bits per heavy atom. The highest BCUT2D eigenvalue weighted by molar-refractivity contribution is 7.99. The fourth-order valence-corrected chi connectivity index (χ4v) is 4.26. The molecule has 2 rings (SSSR count). The van der Waals surface area contributed by atoms with Crippen LogP contribution in [0.15, 0.2) is 24.3 Å². The molecule has 1 aromatic rings. The highest BCUT2D eigenvalue weighted by Gasteiger charge is 2.29. The Bertz CT molecular complexity index is 390. The van der Waals surface area contributed by atoms with E-state index in [1.54, 1.807) is 0 Å². The highest BCUT2D eigenvalue weighted by Crippen LogP contribution is 2.31. The zero-order chi connectivity index (χ0) is 13.8. The van der Waals surface area contributed by atoms with Crippen molar-refractivity contribution in [2.24, 2.45) is 11.7 Å². The van der Waals surface area contributed by atoms with Gasteiger partial charge in [0.25, 0.3) is 0 Å². The van der Waals surface area contributed by atoms with Crippen LogP contribution in [-0.4, -0.2) is 36.0 Å². The minimum atomic E-state index is 0.372. The van der Waals surface area contributed by atoms with Crippen molar-refractivity contribution in [2.45, 2.75) is 25.4 Å². The second-order valence-corrected chi connectivity index (χ2v) is 6.91. The van der Waals surface area contributed by atoms with E-state index >= 15 is 0 Å². The summed E-state index contributed by atoms with van der Waals surface area (Å²) in [5.41, 5.74) is 7.32. The van der Waals surface area contributed by atoms with Crippen LogP contribution >= 0.6 is 23.4 Å². The van der Waals surface area contributed by atoms with Gasteiger partial charge in [-0.1, -0.05) is 23.7 Å². The van der Waals surface area contributed by atoms with Crippen LogP contribution in [0.1, 0.15) is 24.9 Å². The lowest BCUT2D eigenvalue weighted by Gasteiger charge is -2.36. The standard InChI is InChI=1S/C15H23ClN2S/c1-11(12-3-5-14(16)6-4-12)18(2)15(9-17)13-7-8-19-10-13/h3-6,11,13,15H,7-10,17H2,1-2H3. The SMILES string of the molecule is CC(c1ccc(Cl)cc1)N(C)C(CN)C1CCSC1. The van der Waals surface area contributed by atoms with Gasteiger partial charge in [-0.05, 0) is 55.5 Å². The van der Waals surface area contributed by atoms with E-state index in [-0.39, 0.29) is 0 Å². The molecule has 106 valence electrons. The van der Waals surface area contributed by atoms with E-state index in [1.807, 2.05) is 12.1 Å². The van der Waals surface area contributed by atoms with E-state index < -0.39 is 0 Å². The number of thioether (sulfide) groups is 1. The second kappa shape index (κ2) is 6.98. The summed E-state index contributed by atoms with van der Waals surface area (Å²) in [6.45, 7) is 2.98. The molecule has 1 aliphatic rings. The maximum atomic E-state index is 6.02. The molecule has 0 aliphatic carbocycles. The molecule has 2 N–H and O–H groups in total. The molecule has 0 bridgehead atoms. The molecule has 1 aliphatic heterocycles. The number of hydrogen-bond acceptors (Lipinski definition) is 3. The lowest BCUT2D eigenvalue weighted by Crippen LogP contribution is -2.44. The lowest BCUT2D eigenvalue weighted by molar-refractivity contribution is 0.145. The van der Waals surface area contributed by atoms with Crippen LogP contribution in [0, 0.1) is 5.92 Å². The van der Waals surface area contributed by atoms with Crippen molar-refractivity contribution in [3.63, 3.8) is 0 Å². The minimum Gasteiger partial charge on any atom is -0.329 e. The molecule has 0 saturated carbocycles. The first kappa shape index (κ1) is 15.2. The Kier molecular flexibility index (Phi) is 5.58. The van der Waals surface area contributed by atoms with Crippen LogP contribution in [-0.2, 0) is 0 Å². The Morgan fingerprint density at radius 1 is 1.42 bits per heavy atom.